The number of aromatic nitrogens is 6. The standard InChI is InChI=1S/C26H32N8O.2ClH/c1-25(2)11-18(12-26(3,4)32-25)33(5)24-28-14-21(30-31-24)19-8-7-16(10-23(19)35)20-9-17-13-29-34(6)22(17)15-27-20;;/h7-10,13-15,18,32,35H,11-12H2,1-6H3;2*1H. The van der Waals surface area contributed by atoms with Crippen molar-refractivity contribution in [3.05, 3.63) is 42.9 Å². The summed E-state index contributed by atoms with van der Waals surface area (Å²) in [5.41, 5.74) is 3.68. The van der Waals surface area contributed by atoms with Crippen LogP contribution in [0.4, 0.5) is 5.95 Å². The monoisotopic (exact) mass is 544 g/mol. The number of piperidine rings is 1. The van der Waals surface area contributed by atoms with Crippen LogP contribution in [0.2, 0.25) is 0 Å². The van der Waals surface area contributed by atoms with Crippen LogP contribution in [-0.4, -0.2) is 59.2 Å². The maximum atomic E-state index is 10.8. The number of rotatable bonds is 4. The Morgan fingerprint density at radius 3 is 2.27 bits per heavy atom. The maximum Gasteiger partial charge on any atom is 0.245 e. The molecular weight excluding hydrogens is 511 g/mol. The van der Waals surface area contributed by atoms with Crippen molar-refractivity contribution in [3.8, 4) is 28.3 Å². The minimum atomic E-state index is 0. The molecule has 0 atom stereocenters. The molecule has 198 valence electrons. The van der Waals surface area contributed by atoms with Crippen molar-refractivity contribution in [2.24, 2.45) is 7.05 Å². The average Bonchev–Trinajstić information content (AvgIpc) is 3.17. The van der Waals surface area contributed by atoms with Gasteiger partial charge in [-0.2, -0.15) is 5.10 Å². The largest absolute Gasteiger partial charge is 0.507 e. The fourth-order valence-corrected chi connectivity index (χ4v) is 5.37. The van der Waals surface area contributed by atoms with E-state index in [1.54, 1.807) is 29.3 Å². The number of fused-ring (bicyclic) bond motifs is 1. The van der Waals surface area contributed by atoms with Crippen LogP contribution in [0.15, 0.2) is 42.9 Å². The van der Waals surface area contributed by atoms with Gasteiger partial charge in [-0.05, 0) is 58.7 Å². The molecule has 0 spiro atoms. The first-order chi connectivity index (χ1) is 16.5. The molecule has 1 aromatic carbocycles. The topological polar surface area (TPSA) is 105 Å². The molecular formula is C26H34Cl2N8O. The van der Waals surface area contributed by atoms with Gasteiger partial charge < -0.3 is 15.3 Å². The Kier molecular flexibility index (Phi) is 8.02. The van der Waals surface area contributed by atoms with Crippen LogP contribution in [0.5, 0.6) is 5.75 Å². The summed E-state index contributed by atoms with van der Waals surface area (Å²) in [6, 6.07) is 7.70. The number of aromatic hydroxyl groups is 1. The van der Waals surface area contributed by atoms with Crippen LogP contribution in [0.3, 0.4) is 0 Å². The van der Waals surface area contributed by atoms with Crippen LogP contribution in [0.1, 0.15) is 40.5 Å². The van der Waals surface area contributed by atoms with E-state index >= 15 is 0 Å². The number of nitrogens with one attached hydrogen (secondary N) is 1. The van der Waals surface area contributed by atoms with Crippen molar-refractivity contribution in [2.45, 2.75) is 57.7 Å². The van der Waals surface area contributed by atoms with E-state index in [1.165, 1.54) is 0 Å². The second-order valence-electron chi connectivity index (χ2n) is 10.8. The summed E-state index contributed by atoms with van der Waals surface area (Å²) in [6.07, 6.45) is 7.24. The lowest BCUT2D eigenvalue weighted by Crippen LogP contribution is -2.62. The highest BCUT2D eigenvalue weighted by Crippen LogP contribution is 2.34. The normalized spacial score (nSPS) is 16.6. The molecule has 3 aromatic heterocycles. The van der Waals surface area contributed by atoms with E-state index in [2.05, 4.69) is 63.2 Å². The molecule has 1 saturated heterocycles. The van der Waals surface area contributed by atoms with E-state index in [0.717, 1.165) is 35.0 Å². The first-order valence-electron chi connectivity index (χ1n) is 11.8. The van der Waals surface area contributed by atoms with Crippen LogP contribution in [0.25, 0.3) is 33.4 Å². The van der Waals surface area contributed by atoms with E-state index in [0.29, 0.717) is 23.2 Å². The predicted molar refractivity (Wildman–Crippen MR) is 152 cm³/mol. The zero-order chi connectivity index (χ0) is 25.0. The minimum absolute atomic E-state index is 0. The maximum absolute atomic E-state index is 10.8. The Morgan fingerprint density at radius 1 is 0.946 bits per heavy atom. The summed E-state index contributed by atoms with van der Waals surface area (Å²) in [4.78, 5) is 11.2. The van der Waals surface area contributed by atoms with Crippen molar-refractivity contribution in [3.63, 3.8) is 0 Å². The third-order valence-corrected chi connectivity index (χ3v) is 6.78. The fourth-order valence-electron chi connectivity index (χ4n) is 5.37. The number of aryl methyl sites for hydroxylation is 1. The first kappa shape index (κ1) is 28.6. The first-order valence-corrected chi connectivity index (χ1v) is 11.8. The molecule has 11 heteroatoms. The molecule has 0 amide bonds. The average molecular weight is 546 g/mol. The highest BCUT2D eigenvalue weighted by atomic mass is 35.5. The molecule has 1 aliphatic rings. The molecule has 0 bridgehead atoms. The Hall–Kier alpha value is -3.01. The van der Waals surface area contributed by atoms with Crippen LogP contribution < -0.4 is 10.2 Å². The Bertz CT molecular complexity index is 1370. The fraction of sp³-hybridized carbons (Fsp3) is 0.423. The second-order valence-corrected chi connectivity index (χ2v) is 10.8. The molecule has 0 unspecified atom stereocenters. The number of hydrogen-bond acceptors (Lipinski definition) is 8. The predicted octanol–water partition coefficient (Wildman–Crippen LogP) is 4.78. The van der Waals surface area contributed by atoms with Gasteiger partial charge in [-0.25, -0.2) is 4.98 Å². The van der Waals surface area contributed by atoms with Crippen LogP contribution >= 0.6 is 24.8 Å². The van der Waals surface area contributed by atoms with Crippen LogP contribution in [-0.2, 0) is 7.05 Å². The van der Waals surface area contributed by atoms with Crippen molar-refractivity contribution in [1.29, 1.82) is 0 Å². The second kappa shape index (κ2) is 10.4. The number of phenolic OH excluding ortho intramolecular Hbond substituents is 1. The van der Waals surface area contributed by atoms with E-state index in [4.69, 9.17) is 0 Å². The van der Waals surface area contributed by atoms with E-state index in [1.807, 2.05) is 32.3 Å². The van der Waals surface area contributed by atoms with Gasteiger partial charge in [-0.15, -0.1) is 35.0 Å². The highest BCUT2D eigenvalue weighted by molar-refractivity contribution is 5.86. The third-order valence-electron chi connectivity index (χ3n) is 6.78. The van der Waals surface area contributed by atoms with Gasteiger partial charge in [-0.1, -0.05) is 6.07 Å². The molecule has 4 heterocycles. The number of anilines is 1. The quantitative estimate of drug-likeness (QED) is 0.378. The zero-order valence-corrected chi connectivity index (χ0v) is 23.6. The third kappa shape index (κ3) is 5.79. The molecule has 2 N–H and O–H groups in total. The summed E-state index contributed by atoms with van der Waals surface area (Å²) in [6.45, 7) is 8.92. The highest BCUT2D eigenvalue weighted by Gasteiger charge is 2.39. The van der Waals surface area contributed by atoms with Gasteiger partial charge in [0.05, 0.1) is 29.8 Å². The van der Waals surface area contributed by atoms with Crippen molar-refractivity contribution in [1.82, 2.24) is 35.3 Å². The molecule has 1 fully saturated rings. The number of nitrogens with zero attached hydrogens (tertiary/aromatic N) is 7. The summed E-state index contributed by atoms with van der Waals surface area (Å²) >= 11 is 0. The summed E-state index contributed by atoms with van der Waals surface area (Å²) in [5, 5.41) is 28.5. The lowest BCUT2D eigenvalue weighted by molar-refractivity contribution is 0.160. The van der Waals surface area contributed by atoms with Crippen molar-refractivity contribution < 1.29 is 5.11 Å². The Labute approximate surface area is 229 Å². The number of pyridine rings is 1. The Balaban J connectivity index is 0.00000190. The van der Waals surface area contributed by atoms with Gasteiger partial charge in [0.2, 0.25) is 5.95 Å². The molecule has 4 aromatic rings. The van der Waals surface area contributed by atoms with Gasteiger partial charge in [0.1, 0.15) is 11.4 Å². The van der Waals surface area contributed by atoms with Crippen molar-refractivity contribution >= 4 is 41.7 Å². The van der Waals surface area contributed by atoms with Crippen molar-refractivity contribution in [2.75, 3.05) is 11.9 Å². The molecule has 1 aliphatic heterocycles. The molecule has 0 saturated carbocycles. The summed E-state index contributed by atoms with van der Waals surface area (Å²) < 4.78 is 1.78. The molecule has 5 rings (SSSR count). The SMILES string of the molecule is CN(c1ncc(-c2ccc(-c3cc4cnn(C)c4cn3)cc2O)nn1)C1CC(C)(C)NC(C)(C)C1.Cl.Cl. The minimum Gasteiger partial charge on any atom is -0.507 e. The number of benzene rings is 1. The molecule has 0 aliphatic carbocycles. The van der Waals surface area contributed by atoms with Gasteiger partial charge in [0.15, 0.2) is 0 Å². The number of phenols is 1. The lowest BCUT2D eigenvalue weighted by atomic mass is 9.79. The smallest absolute Gasteiger partial charge is 0.245 e. The summed E-state index contributed by atoms with van der Waals surface area (Å²) in [7, 11) is 3.91. The van der Waals surface area contributed by atoms with E-state index < -0.39 is 0 Å². The summed E-state index contributed by atoms with van der Waals surface area (Å²) in [5.74, 6) is 0.687. The van der Waals surface area contributed by atoms with Gasteiger partial charge in [0, 0.05) is 47.7 Å². The molecule has 9 nitrogen and oxygen atoms in total. The lowest BCUT2D eigenvalue weighted by Gasteiger charge is -2.48. The zero-order valence-electron chi connectivity index (χ0n) is 21.9. The number of halogens is 2. The molecule has 0 radical (unpaired) electrons. The van der Waals surface area contributed by atoms with E-state index in [9.17, 15) is 5.11 Å². The van der Waals surface area contributed by atoms with Gasteiger partial charge >= 0.3 is 0 Å². The Morgan fingerprint density at radius 2 is 1.65 bits per heavy atom. The van der Waals surface area contributed by atoms with Gasteiger partial charge in [-0.3, -0.25) is 9.67 Å². The van der Waals surface area contributed by atoms with E-state index in [-0.39, 0.29) is 41.6 Å². The van der Waals surface area contributed by atoms with Gasteiger partial charge in [0.25, 0.3) is 0 Å². The molecule has 37 heavy (non-hydrogen) atoms. The number of hydrogen-bond donors (Lipinski definition) is 2. The van der Waals surface area contributed by atoms with Crippen LogP contribution in [0, 0.1) is 0 Å².